The lowest BCUT2D eigenvalue weighted by molar-refractivity contribution is 0.393. The van der Waals surface area contributed by atoms with E-state index in [1.807, 2.05) is 6.07 Å². The van der Waals surface area contributed by atoms with Gasteiger partial charge >= 0.3 is 0 Å². The van der Waals surface area contributed by atoms with Gasteiger partial charge in [-0.25, -0.2) is 8.42 Å². The fraction of sp³-hybridized carbons (Fsp3) is 0.455. The Kier molecular flexibility index (Phi) is 3.87. The van der Waals surface area contributed by atoms with Crippen molar-refractivity contribution in [3.05, 3.63) is 28.7 Å². The van der Waals surface area contributed by atoms with Crippen LogP contribution in [0.2, 0.25) is 0 Å². The van der Waals surface area contributed by atoms with Gasteiger partial charge < -0.3 is 5.73 Å². The summed E-state index contributed by atoms with van der Waals surface area (Å²) in [5.74, 6) is 0. The van der Waals surface area contributed by atoms with Crippen LogP contribution in [0.25, 0.3) is 0 Å². The molecule has 0 aliphatic carbocycles. The van der Waals surface area contributed by atoms with Gasteiger partial charge in [-0.15, -0.1) is 0 Å². The van der Waals surface area contributed by atoms with Gasteiger partial charge in [0.05, 0.1) is 4.90 Å². The van der Waals surface area contributed by atoms with Gasteiger partial charge in [-0.05, 0) is 31.0 Å². The maximum absolute atomic E-state index is 12.4. The van der Waals surface area contributed by atoms with Crippen molar-refractivity contribution in [3.8, 4) is 0 Å². The largest absolute Gasteiger partial charge is 0.329 e. The molecule has 0 radical (unpaired) electrons. The number of nitrogens with zero attached hydrogens (tertiary/aromatic N) is 1. The van der Waals surface area contributed by atoms with Crippen LogP contribution in [0.3, 0.4) is 0 Å². The highest BCUT2D eigenvalue weighted by Gasteiger charge is 2.34. The molecule has 94 valence electrons. The van der Waals surface area contributed by atoms with E-state index in [0.717, 1.165) is 17.3 Å². The quantitative estimate of drug-likeness (QED) is 0.920. The van der Waals surface area contributed by atoms with E-state index in [9.17, 15) is 8.42 Å². The molecule has 0 aromatic heterocycles. The Balaban J connectivity index is 2.36. The average Bonchev–Trinajstić information content (AvgIpc) is 2.77. The molecule has 1 atom stereocenters. The van der Waals surface area contributed by atoms with Gasteiger partial charge in [-0.2, -0.15) is 4.31 Å². The van der Waals surface area contributed by atoms with Crippen molar-refractivity contribution in [1.82, 2.24) is 4.31 Å². The lowest BCUT2D eigenvalue weighted by Gasteiger charge is -2.22. The summed E-state index contributed by atoms with van der Waals surface area (Å²) < 4.78 is 27.1. The maximum Gasteiger partial charge on any atom is 0.243 e. The molecular weight excluding hydrogens is 304 g/mol. The third kappa shape index (κ3) is 2.54. The van der Waals surface area contributed by atoms with Gasteiger partial charge in [0.2, 0.25) is 10.0 Å². The number of hydrogen-bond donors (Lipinski definition) is 1. The van der Waals surface area contributed by atoms with Crippen molar-refractivity contribution in [2.24, 2.45) is 5.73 Å². The van der Waals surface area contributed by atoms with Crippen molar-refractivity contribution in [2.75, 3.05) is 13.1 Å². The summed E-state index contributed by atoms with van der Waals surface area (Å²) in [4.78, 5) is 0.326. The molecule has 0 bridgehead atoms. The van der Waals surface area contributed by atoms with Gasteiger partial charge in [-0.3, -0.25) is 0 Å². The minimum Gasteiger partial charge on any atom is -0.329 e. The van der Waals surface area contributed by atoms with E-state index in [0.29, 0.717) is 18.0 Å². The van der Waals surface area contributed by atoms with Crippen molar-refractivity contribution in [1.29, 1.82) is 0 Å². The highest BCUT2D eigenvalue weighted by atomic mass is 79.9. The standard InChI is InChI=1S/C11H15BrN2O2S/c12-9-3-1-5-11(7-9)17(15,16)14-6-2-4-10(14)8-13/h1,3,5,7,10H,2,4,6,8,13H2/t10-/m1/s1. The van der Waals surface area contributed by atoms with Crippen LogP contribution in [-0.4, -0.2) is 31.9 Å². The Morgan fingerprint density at radius 3 is 2.88 bits per heavy atom. The van der Waals surface area contributed by atoms with Crippen LogP contribution < -0.4 is 5.73 Å². The zero-order valence-corrected chi connectivity index (χ0v) is 11.7. The van der Waals surface area contributed by atoms with Crippen LogP contribution >= 0.6 is 15.9 Å². The summed E-state index contributed by atoms with van der Waals surface area (Å²) >= 11 is 3.29. The minimum absolute atomic E-state index is 0.0565. The Hall–Kier alpha value is -0.430. The maximum atomic E-state index is 12.4. The summed E-state index contributed by atoms with van der Waals surface area (Å²) in [6.07, 6.45) is 1.73. The van der Waals surface area contributed by atoms with Crippen molar-refractivity contribution in [2.45, 2.75) is 23.8 Å². The molecule has 1 fully saturated rings. The second-order valence-corrected chi connectivity index (χ2v) is 6.91. The zero-order valence-electron chi connectivity index (χ0n) is 9.34. The Morgan fingerprint density at radius 1 is 1.47 bits per heavy atom. The minimum atomic E-state index is -3.40. The SMILES string of the molecule is NC[C@H]1CCCN1S(=O)(=O)c1cccc(Br)c1. The highest BCUT2D eigenvalue weighted by molar-refractivity contribution is 9.10. The van der Waals surface area contributed by atoms with E-state index >= 15 is 0 Å². The van der Waals surface area contributed by atoms with Crippen molar-refractivity contribution < 1.29 is 8.42 Å². The molecule has 1 aliphatic heterocycles. The lowest BCUT2D eigenvalue weighted by Crippen LogP contribution is -2.39. The monoisotopic (exact) mass is 318 g/mol. The van der Waals surface area contributed by atoms with Crippen LogP contribution in [0, 0.1) is 0 Å². The molecule has 1 aromatic rings. The summed E-state index contributed by atoms with van der Waals surface area (Å²) in [6, 6.07) is 6.72. The second kappa shape index (κ2) is 5.06. The van der Waals surface area contributed by atoms with E-state index in [1.54, 1.807) is 18.2 Å². The number of hydrogen-bond acceptors (Lipinski definition) is 3. The molecule has 0 unspecified atom stereocenters. The van der Waals surface area contributed by atoms with Crippen LogP contribution in [0.5, 0.6) is 0 Å². The molecule has 17 heavy (non-hydrogen) atoms. The lowest BCUT2D eigenvalue weighted by atomic mass is 10.2. The molecule has 0 saturated carbocycles. The number of nitrogens with two attached hydrogens (primary N) is 1. The van der Waals surface area contributed by atoms with Gasteiger partial charge in [0.1, 0.15) is 0 Å². The molecule has 6 heteroatoms. The summed E-state index contributed by atoms with van der Waals surface area (Å²) in [6.45, 7) is 0.948. The van der Waals surface area contributed by atoms with Crippen LogP contribution in [0.15, 0.2) is 33.6 Å². The first-order valence-electron chi connectivity index (χ1n) is 5.53. The Morgan fingerprint density at radius 2 is 2.24 bits per heavy atom. The van der Waals surface area contributed by atoms with Crippen LogP contribution in [0.4, 0.5) is 0 Å². The van der Waals surface area contributed by atoms with Crippen LogP contribution in [-0.2, 0) is 10.0 Å². The number of halogens is 1. The molecule has 0 amide bonds. The second-order valence-electron chi connectivity index (χ2n) is 4.10. The fourth-order valence-electron chi connectivity index (χ4n) is 2.12. The molecule has 1 aromatic carbocycles. The first-order valence-corrected chi connectivity index (χ1v) is 7.76. The molecule has 2 rings (SSSR count). The van der Waals surface area contributed by atoms with Gasteiger partial charge in [0, 0.05) is 23.6 Å². The Bertz CT molecular complexity index is 504. The van der Waals surface area contributed by atoms with E-state index in [4.69, 9.17) is 5.73 Å². The summed E-state index contributed by atoms with van der Waals surface area (Å²) in [7, 11) is -3.40. The summed E-state index contributed by atoms with van der Waals surface area (Å²) in [5.41, 5.74) is 5.61. The number of sulfonamides is 1. The van der Waals surface area contributed by atoms with E-state index in [1.165, 1.54) is 4.31 Å². The first kappa shape index (κ1) is 13.0. The Labute approximate surface area is 110 Å². The molecule has 1 saturated heterocycles. The normalized spacial score (nSPS) is 21.9. The number of benzene rings is 1. The van der Waals surface area contributed by atoms with E-state index < -0.39 is 10.0 Å². The molecular formula is C11H15BrN2O2S. The molecule has 0 spiro atoms. The summed E-state index contributed by atoms with van der Waals surface area (Å²) in [5, 5.41) is 0. The fourth-order valence-corrected chi connectivity index (χ4v) is 4.43. The van der Waals surface area contributed by atoms with Gasteiger partial charge in [-0.1, -0.05) is 22.0 Å². The predicted molar refractivity (Wildman–Crippen MR) is 70.1 cm³/mol. The predicted octanol–water partition coefficient (Wildman–Crippen LogP) is 1.56. The average molecular weight is 319 g/mol. The van der Waals surface area contributed by atoms with Crippen molar-refractivity contribution >= 4 is 26.0 Å². The van der Waals surface area contributed by atoms with E-state index in [-0.39, 0.29) is 6.04 Å². The molecule has 2 N–H and O–H groups in total. The molecule has 1 heterocycles. The van der Waals surface area contributed by atoms with E-state index in [2.05, 4.69) is 15.9 Å². The van der Waals surface area contributed by atoms with Crippen LogP contribution in [0.1, 0.15) is 12.8 Å². The first-order chi connectivity index (χ1) is 8.05. The topological polar surface area (TPSA) is 63.4 Å². The molecule has 1 aliphatic rings. The third-order valence-corrected chi connectivity index (χ3v) is 5.44. The smallest absolute Gasteiger partial charge is 0.243 e. The zero-order chi connectivity index (χ0) is 12.5. The van der Waals surface area contributed by atoms with Gasteiger partial charge in [0.15, 0.2) is 0 Å². The third-order valence-electron chi connectivity index (χ3n) is 3.00. The molecule has 4 nitrogen and oxygen atoms in total. The van der Waals surface area contributed by atoms with Gasteiger partial charge in [0.25, 0.3) is 0 Å². The highest BCUT2D eigenvalue weighted by Crippen LogP contribution is 2.26. The van der Waals surface area contributed by atoms with Crippen molar-refractivity contribution in [3.63, 3.8) is 0 Å². The number of rotatable bonds is 3.